The smallest absolute Gasteiger partial charge is 0.252 e. The Morgan fingerprint density at radius 1 is 1.28 bits per heavy atom. The lowest BCUT2D eigenvalue weighted by Crippen LogP contribution is -2.47. The van der Waals surface area contributed by atoms with Gasteiger partial charge in [-0.1, -0.05) is 13.8 Å². The first-order valence-electron chi connectivity index (χ1n) is 11.0. The van der Waals surface area contributed by atoms with E-state index in [9.17, 15) is 14.0 Å². The SMILES string of the molecule is CC.CC1=c2c(C)c(CC(=O)N[C@@H]3c4c(F)cc(C)cc4OC3(C)C)c(=O)[nH]c2=CCN1.[HH].[HH]. The minimum Gasteiger partial charge on any atom is -0.485 e. The van der Waals surface area contributed by atoms with Crippen LogP contribution in [0.15, 0.2) is 16.9 Å². The van der Waals surface area contributed by atoms with E-state index in [1.807, 2.05) is 47.6 Å². The Balaban J connectivity index is 0.00000141. The quantitative estimate of drug-likeness (QED) is 0.679. The van der Waals surface area contributed by atoms with Crippen molar-refractivity contribution in [2.24, 2.45) is 0 Å². The van der Waals surface area contributed by atoms with Crippen LogP contribution in [0.5, 0.6) is 5.75 Å². The van der Waals surface area contributed by atoms with Crippen molar-refractivity contribution >= 4 is 17.7 Å². The summed E-state index contributed by atoms with van der Waals surface area (Å²) in [5, 5.41) is 7.83. The molecule has 2 aromatic rings. The molecule has 0 saturated carbocycles. The van der Waals surface area contributed by atoms with Gasteiger partial charge in [0.05, 0.1) is 18.0 Å². The van der Waals surface area contributed by atoms with Crippen LogP contribution in [-0.4, -0.2) is 23.0 Å². The van der Waals surface area contributed by atoms with Gasteiger partial charge in [-0.05, 0) is 64.0 Å². The molecule has 4 rings (SSSR count). The molecule has 0 fully saturated rings. The van der Waals surface area contributed by atoms with Crippen molar-refractivity contribution in [3.8, 4) is 5.75 Å². The number of halogens is 1. The maximum Gasteiger partial charge on any atom is 0.252 e. The number of amides is 1. The number of aryl methyl sites for hydroxylation is 1. The molecule has 7 heteroatoms. The minimum atomic E-state index is -0.812. The van der Waals surface area contributed by atoms with Crippen molar-refractivity contribution in [3.63, 3.8) is 0 Å². The Bertz CT molecular complexity index is 1260. The minimum absolute atomic E-state index is 0. The van der Waals surface area contributed by atoms with Crippen molar-refractivity contribution in [2.75, 3.05) is 6.54 Å². The Morgan fingerprint density at radius 3 is 2.66 bits per heavy atom. The molecule has 32 heavy (non-hydrogen) atoms. The second-order valence-corrected chi connectivity index (χ2v) is 8.60. The monoisotopic (exact) mass is 445 g/mol. The summed E-state index contributed by atoms with van der Waals surface area (Å²) in [7, 11) is 0. The zero-order chi connectivity index (χ0) is 23.8. The van der Waals surface area contributed by atoms with Crippen LogP contribution in [0.25, 0.3) is 11.8 Å². The highest BCUT2D eigenvalue weighted by molar-refractivity contribution is 5.80. The molecule has 6 nitrogen and oxygen atoms in total. The van der Waals surface area contributed by atoms with Gasteiger partial charge in [0.25, 0.3) is 5.56 Å². The molecule has 3 heterocycles. The van der Waals surface area contributed by atoms with Gasteiger partial charge < -0.3 is 20.4 Å². The van der Waals surface area contributed by atoms with Gasteiger partial charge in [0, 0.05) is 31.2 Å². The fraction of sp³-hybridized carbons (Fsp3) is 0.440. The van der Waals surface area contributed by atoms with Crippen molar-refractivity contribution in [1.82, 2.24) is 15.6 Å². The zero-order valence-corrected chi connectivity index (χ0v) is 19.8. The summed E-state index contributed by atoms with van der Waals surface area (Å²) >= 11 is 0. The maximum absolute atomic E-state index is 14.7. The largest absolute Gasteiger partial charge is 0.485 e. The summed E-state index contributed by atoms with van der Waals surface area (Å²) in [5.74, 6) is -0.323. The second kappa shape index (κ2) is 8.81. The van der Waals surface area contributed by atoms with Gasteiger partial charge in [0.2, 0.25) is 5.91 Å². The van der Waals surface area contributed by atoms with E-state index in [1.165, 1.54) is 6.07 Å². The summed E-state index contributed by atoms with van der Waals surface area (Å²) in [5.41, 5.74) is 2.14. The number of pyridine rings is 1. The first-order chi connectivity index (χ1) is 15.1. The van der Waals surface area contributed by atoms with Crippen molar-refractivity contribution in [3.05, 3.63) is 61.1 Å². The highest BCUT2D eigenvalue weighted by Gasteiger charge is 2.44. The fourth-order valence-corrected chi connectivity index (χ4v) is 4.42. The molecule has 3 N–H and O–H groups in total. The van der Waals surface area contributed by atoms with Gasteiger partial charge in [-0.15, -0.1) is 0 Å². The molecule has 0 aliphatic carbocycles. The third-order valence-corrected chi connectivity index (χ3v) is 5.90. The van der Waals surface area contributed by atoms with Crippen LogP contribution >= 0.6 is 0 Å². The van der Waals surface area contributed by atoms with Gasteiger partial charge >= 0.3 is 0 Å². The van der Waals surface area contributed by atoms with E-state index in [0.29, 0.717) is 23.4 Å². The van der Waals surface area contributed by atoms with Gasteiger partial charge in [0.15, 0.2) is 0 Å². The number of carbonyl (C=O) groups excluding carboxylic acids is 1. The molecule has 0 spiro atoms. The van der Waals surface area contributed by atoms with Gasteiger partial charge in [-0.3, -0.25) is 9.59 Å². The maximum atomic E-state index is 14.7. The predicted octanol–water partition coefficient (Wildman–Crippen LogP) is 2.73. The van der Waals surface area contributed by atoms with Crippen LogP contribution < -0.4 is 31.5 Å². The molecule has 0 radical (unpaired) electrons. The van der Waals surface area contributed by atoms with E-state index in [1.54, 1.807) is 13.0 Å². The number of carbonyl (C=O) groups is 1. The molecule has 2 aliphatic rings. The number of benzene rings is 1. The first-order valence-corrected chi connectivity index (χ1v) is 11.0. The number of nitrogens with one attached hydrogen (secondary N) is 3. The third-order valence-electron chi connectivity index (χ3n) is 5.90. The van der Waals surface area contributed by atoms with E-state index in [2.05, 4.69) is 15.6 Å². The Labute approximate surface area is 190 Å². The van der Waals surface area contributed by atoms with Crippen LogP contribution in [0.1, 0.15) is 65.8 Å². The summed E-state index contributed by atoms with van der Waals surface area (Å²) in [6.07, 6.45) is 1.82. The second-order valence-electron chi connectivity index (χ2n) is 8.60. The standard InChI is InChI=1S/C23H26FN3O3.C2H6.2H2/c1-11-8-15(24)20-17(9-11)30-23(4,5)21(20)27-18(28)10-14-12(2)19-13(3)25-7-6-16(19)26-22(14)29;1-2;;/h6,8-9,21,25H,7,10H2,1-5H3,(H,26,29)(H,27,28);1-2H3;2*1H/t21-;;;/m1.../s1. The Kier molecular flexibility index (Phi) is 6.49. The van der Waals surface area contributed by atoms with E-state index < -0.39 is 17.5 Å². The molecule has 1 atom stereocenters. The number of aromatic amines is 1. The van der Waals surface area contributed by atoms with E-state index in [4.69, 9.17) is 4.74 Å². The molecule has 0 saturated heterocycles. The molecule has 2 aliphatic heterocycles. The number of hydrogen-bond acceptors (Lipinski definition) is 4. The number of H-pyrrole nitrogens is 1. The summed E-state index contributed by atoms with van der Waals surface area (Å²) in [6.45, 7) is 13.9. The van der Waals surface area contributed by atoms with Crippen LogP contribution in [0.4, 0.5) is 4.39 Å². The topological polar surface area (TPSA) is 83.2 Å². The Hall–Kier alpha value is -3.09. The van der Waals surface area contributed by atoms with Crippen LogP contribution in [0, 0.1) is 19.7 Å². The van der Waals surface area contributed by atoms with E-state index in [0.717, 1.165) is 27.4 Å². The summed E-state index contributed by atoms with van der Waals surface area (Å²) < 4.78 is 20.6. The molecule has 1 aromatic carbocycles. The van der Waals surface area contributed by atoms with Gasteiger partial charge in [0.1, 0.15) is 17.2 Å². The fourth-order valence-electron chi connectivity index (χ4n) is 4.42. The van der Waals surface area contributed by atoms with E-state index >= 15 is 0 Å². The average Bonchev–Trinajstić information content (AvgIpc) is 2.96. The first kappa shape index (κ1) is 23.6. The number of aromatic nitrogens is 1. The zero-order valence-electron chi connectivity index (χ0n) is 19.8. The highest BCUT2D eigenvalue weighted by atomic mass is 19.1. The lowest BCUT2D eigenvalue weighted by atomic mass is 9.93. The lowest BCUT2D eigenvalue weighted by molar-refractivity contribution is -0.122. The van der Waals surface area contributed by atoms with E-state index in [-0.39, 0.29) is 20.7 Å². The molecular formula is C25H36FN3O3. The lowest BCUT2D eigenvalue weighted by Gasteiger charge is -2.27. The van der Waals surface area contributed by atoms with Gasteiger partial charge in [-0.25, -0.2) is 4.39 Å². The predicted molar refractivity (Wildman–Crippen MR) is 129 cm³/mol. The molecular weight excluding hydrogens is 409 g/mol. The highest BCUT2D eigenvalue weighted by Crippen LogP contribution is 2.44. The number of hydrogen-bond donors (Lipinski definition) is 3. The normalized spacial score (nSPS) is 17.6. The molecule has 1 amide bonds. The molecule has 0 unspecified atom stereocenters. The Morgan fingerprint density at radius 2 is 1.97 bits per heavy atom. The average molecular weight is 446 g/mol. The molecule has 176 valence electrons. The van der Waals surface area contributed by atoms with Crippen molar-refractivity contribution in [2.45, 2.75) is 66.5 Å². The van der Waals surface area contributed by atoms with Gasteiger partial charge in [-0.2, -0.15) is 0 Å². The molecule has 0 bridgehead atoms. The van der Waals surface area contributed by atoms with Crippen molar-refractivity contribution < 1.29 is 16.8 Å². The van der Waals surface area contributed by atoms with Crippen LogP contribution in [-0.2, 0) is 11.2 Å². The van der Waals surface area contributed by atoms with Crippen LogP contribution in [0.2, 0.25) is 0 Å². The number of rotatable bonds is 3. The summed E-state index contributed by atoms with van der Waals surface area (Å²) in [6, 6.07) is 2.55. The number of ether oxygens (including phenoxy) is 1. The molecule has 1 aromatic heterocycles. The number of fused-ring (bicyclic) bond motifs is 2. The summed E-state index contributed by atoms with van der Waals surface area (Å²) in [4.78, 5) is 28.4. The third kappa shape index (κ3) is 4.16. The van der Waals surface area contributed by atoms with Crippen LogP contribution in [0.3, 0.4) is 0 Å². The van der Waals surface area contributed by atoms with Crippen molar-refractivity contribution in [1.29, 1.82) is 0 Å².